The van der Waals surface area contributed by atoms with Crippen LogP contribution in [0.2, 0.25) is 0 Å². The van der Waals surface area contributed by atoms with E-state index < -0.39 is 23.7 Å². The summed E-state index contributed by atoms with van der Waals surface area (Å²) in [6.45, 7) is 0. The molecular weight excluding hydrogens is 420 g/mol. The van der Waals surface area contributed by atoms with Crippen molar-refractivity contribution in [2.75, 3.05) is 24.3 Å². The minimum atomic E-state index is -2.99. The van der Waals surface area contributed by atoms with Gasteiger partial charge in [0.05, 0.1) is 29.0 Å². The zero-order valence-corrected chi connectivity index (χ0v) is 17.8. The van der Waals surface area contributed by atoms with E-state index in [0.29, 0.717) is 11.4 Å². The van der Waals surface area contributed by atoms with Crippen LogP contribution in [0.4, 0.5) is 20.2 Å². The van der Waals surface area contributed by atoms with Gasteiger partial charge in [-0.2, -0.15) is 18.6 Å². The van der Waals surface area contributed by atoms with Gasteiger partial charge >= 0.3 is 12.3 Å². The fourth-order valence-electron chi connectivity index (χ4n) is 4.09. The van der Waals surface area contributed by atoms with Crippen LogP contribution in [0.25, 0.3) is 10.9 Å². The molecule has 2 aromatic heterocycles. The average molecular weight is 445 g/mol. The van der Waals surface area contributed by atoms with E-state index in [1.807, 2.05) is 31.0 Å². The first-order valence-electron chi connectivity index (χ1n) is 10.4. The fourth-order valence-corrected chi connectivity index (χ4v) is 4.09. The summed E-state index contributed by atoms with van der Waals surface area (Å²) >= 11 is 0. The molecule has 0 radical (unpaired) electrons. The van der Waals surface area contributed by atoms with Crippen LogP contribution >= 0.6 is 0 Å². The quantitative estimate of drug-likeness (QED) is 0.463. The SMILES string of the molecule is CN(C)c1cc2nn(C3CCC(O)CC3)cc2cc1NC(=O)c1cccc(C(F)F)[n+]1[O-]. The zero-order valence-electron chi connectivity index (χ0n) is 17.8. The third-order valence-electron chi connectivity index (χ3n) is 5.84. The summed E-state index contributed by atoms with van der Waals surface area (Å²) in [5, 5.41) is 30.1. The van der Waals surface area contributed by atoms with Crippen molar-refractivity contribution in [2.24, 2.45) is 0 Å². The lowest BCUT2D eigenvalue weighted by molar-refractivity contribution is -0.621. The Morgan fingerprint density at radius 1 is 1.28 bits per heavy atom. The van der Waals surface area contributed by atoms with Gasteiger partial charge in [-0.25, -0.2) is 0 Å². The Hall–Kier alpha value is -3.27. The summed E-state index contributed by atoms with van der Waals surface area (Å²) in [6, 6.07) is 7.24. The van der Waals surface area contributed by atoms with Crippen LogP contribution in [0.15, 0.2) is 36.5 Å². The second-order valence-electron chi connectivity index (χ2n) is 8.28. The molecule has 0 spiro atoms. The third-order valence-corrected chi connectivity index (χ3v) is 5.84. The van der Waals surface area contributed by atoms with Crippen molar-refractivity contribution in [1.29, 1.82) is 0 Å². The fraction of sp³-hybridized carbons (Fsp3) is 0.409. The molecule has 2 heterocycles. The van der Waals surface area contributed by atoms with Crippen LogP contribution in [-0.4, -0.2) is 41.0 Å². The second kappa shape index (κ2) is 8.70. The molecule has 32 heavy (non-hydrogen) atoms. The molecule has 0 aliphatic heterocycles. The number of amides is 1. The molecule has 4 rings (SSSR count). The molecule has 1 saturated carbocycles. The highest BCUT2D eigenvalue weighted by atomic mass is 19.3. The number of aromatic nitrogens is 3. The van der Waals surface area contributed by atoms with Crippen molar-refractivity contribution in [3.63, 3.8) is 0 Å². The van der Waals surface area contributed by atoms with Gasteiger partial charge in [-0.05, 0) is 43.9 Å². The maximum absolute atomic E-state index is 13.0. The maximum atomic E-state index is 13.0. The first-order chi connectivity index (χ1) is 15.2. The number of nitrogens with one attached hydrogen (secondary N) is 1. The normalized spacial score (nSPS) is 18.8. The topological polar surface area (TPSA) is 97.3 Å². The number of aliphatic hydroxyl groups is 1. The number of fused-ring (bicyclic) bond motifs is 1. The molecule has 2 N–H and O–H groups in total. The minimum absolute atomic E-state index is 0.0383. The van der Waals surface area contributed by atoms with E-state index in [2.05, 4.69) is 10.4 Å². The molecule has 1 aliphatic rings. The highest BCUT2D eigenvalue weighted by molar-refractivity contribution is 6.05. The number of halogens is 2. The second-order valence-corrected chi connectivity index (χ2v) is 8.28. The molecule has 1 aliphatic carbocycles. The van der Waals surface area contributed by atoms with E-state index in [4.69, 9.17) is 0 Å². The molecule has 1 amide bonds. The Morgan fingerprint density at radius 2 is 2.00 bits per heavy atom. The van der Waals surface area contributed by atoms with Crippen LogP contribution in [0.1, 0.15) is 54.3 Å². The summed E-state index contributed by atoms with van der Waals surface area (Å²) in [7, 11) is 3.61. The standard InChI is InChI=1S/C22H25F2N5O3/c1-27(2)20-11-16-13(12-28(26-16)14-6-8-15(30)9-7-14)10-17(20)25-22(31)19-5-3-4-18(21(23)24)29(19)32/h3-5,10-12,14-15,21,30H,6-9H2,1-2H3,(H,25,31). The van der Waals surface area contributed by atoms with Crippen LogP contribution in [-0.2, 0) is 0 Å². The molecular formula is C22H25F2N5O3. The highest BCUT2D eigenvalue weighted by Crippen LogP contribution is 2.33. The first kappa shape index (κ1) is 21.9. The molecule has 0 bridgehead atoms. The monoisotopic (exact) mass is 445 g/mol. The Morgan fingerprint density at radius 3 is 2.66 bits per heavy atom. The van der Waals surface area contributed by atoms with Gasteiger partial charge in [-0.3, -0.25) is 9.48 Å². The summed E-state index contributed by atoms with van der Waals surface area (Å²) in [5.74, 6) is -0.779. The predicted molar refractivity (Wildman–Crippen MR) is 116 cm³/mol. The van der Waals surface area contributed by atoms with Crippen molar-refractivity contribution < 1.29 is 23.4 Å². The Kier molecular flexibility index (Phi) is 5.96. The lowest BCUT2D eigenvalue weighted by atomic mass is 9.93. The van der Waals surface area contributed by atoms with Crippen molar-refractivity contribution in [3.8, 4) is 0 Å². The van der Waals surface area contributed by atoms with E-state index in [9.17, 15) is 23.9 Å². The molecule has 10 heteroatoms. The van der Waals surface area contributed by atoms with Gasteiger partial charge in [0.2, 0.25) is 0 Å². The number of rotatable bonds is 5. The Labute approximate surface area is 183 Å². The first-order valence-corrected chi connectivity index (χ1v) is 10.4. The summed E-state index contributed by atoms with van der Waals surface area (Å²) in [6.07, 6.45) is 1.80. The summed E-state index contributed by atoms with van der Waals surface area (Å²) in [5.41, 5.74) is 0.659. The number of benzene rings is 1. The molecule has 3 aromatic rings. The van der Waals surface area contributed by atoms with Gasteiger partial charge in [0.15, 0.2) is 0 Å². The lowest BCUT2D eigenvalue weighted by Gasteiger charge is -2.25. The van der Waals surface area contributed by atoms with Gasteiger partial charge < -0.3 is 20.5 Å². The van der Waals surface area contributed by atoms with Crippen LogP contribution in [0.3, 0.4) is 0 Å². The lowest BCUT2D eigenvalue weighted by Crippen LogP contribution is -2.40. The molecule has 0 atom stereocenters. The van der Waals surface area contributed by atoms with Gasteiger partial charge in [0.1, 0.15) is 0 Å². The third kappa shape index (κ3) is 4.22. The van der Waals surface area contributed by atoms with Crippen LogP contribution < -0.4 is 14.9 Å². The average Bonchev–Trinajstić information content (AvgIpc) is 3.16. The number of hydrogen-bond donors (Lipinski definition) is 2. The molecule has 8 nitrogen and oxygen atoms in total. The van der Waals surface area contributed by atoms with E-state index in [1.54, 1.807) is 11.0 Å². The van der Waals surface area contributed by atoms with E-state index in [1.165, 1.54) is 12.1 Å². The smallest absolute Gasteiger partial charge is 0.322 e. The summed E-state index contributed by atoms with van der Waals surface area (Å²) < 4.78 is 27.9. The van der Waals surface area contributed by atoms with Gasteiger partial charge in [-0.1, -0.05) is 0 Å². The molecule has 170 valence electrons. The Bertz CT molecular complexity index is 1140. The molecule has 0 saturated heterocycles. The zero-order chi connectivity index (χ0) is 23.0. The number of aliphatic hydroxyl groups excluding tert-OH is 1. The van der Waals surface area contributed by atoms with Crippen molar-refractivity contribution in [1.82, 2.24) is 9.78 Å². The number of alkyl halides is 2. The van der Waals surface area contributed by atoms with Crippen molar-refractivity contribution in [3.05, 3.63) is 53.1 Å². The molecule has 1 aromatic carbocycles. The number of nitrogens with zero attached hydrogens (tertiary/aromatic N) is 4. The molecule has 0 unspecified atom stereocenters. The number of pyridine rings is 1. The van der Waals surface area contributed by atoms with E-state index >= 15 is 0 Å². The number of anilines is 2. The van der Waals surface area contributed by atoms with Crippen LogP contribution in [0, 0.1) is 5.21 Å². The number of carbonyl (C=O) groups is 1. The van der Waals surface area contributed by atoms with E-state index in [-0.39, 0.29) is 16.9 Å². The van der Waals surface area contributed by atoms with Crippen molar-refractivity contribution in [2.45, 2.75) is 44.3 Å². The van der Waals surface area contributed by atoms with E-state index in [0.717, 1.165) is 42.7 Å². The minimum Gasteiger partial charge on any atom is -0.618 e. The largest absolute Gasteiger partial charge is 0.618 e. The number of hydrogen-bond acceptors (Lipinski definition) is 5. The Balaban J connectivity index is 1.66. The van der Waals surface area contributed by atoms with Gasteiger partial charge in [0, 0.05) is 37.8 Å². The predicted octanol–water partition coefficient (Wildman–Crippen LogP) is 3.40. The maximum Gasteiger partial charge on any atom is 0.322 e. The van der Waals surface area contributed by atoms with Gasteiger partial charge in [-0.15, -0.1) is 0 Å². The van der Waals surface area contributed by atoms with Crippen molar-refractivity contribution >= 4 is 28.2 Å². The highest BCUT2D eigenvalue weighted by Gasteiger charge is 2.26. The van der Waals surface area contributed by atoms with Gasteiger partial charge in [0.25, 0.3) is 11.4 Å². The molecule has 1 fully saturated rings. The summed E-state index contributed by atoms with van der Waals surface area (Å²) in [4.78, 5) is 14.6. The number of carbonyl (C=O) groups excluding carboxylic acids is 1. The van der Waals surface area contributed by atoms with Crippen LogP contribution in [0.5, 0.6) is 0 Å².